The minimum absolute atomic E-state index is 0.0671. The number of nitrogens with zero attached hydrogens (tertiary/aromatic N) is 4. The molecular weight excluding hydrogens is 288 g/mol. The van der Waals surface area contributed by atoms with Crippen molar-refractivity contribution in [3.05, 3.63) is 66.3 Å². The number of carbonyl (C=O) groups excluding carboxylic acids is 1. The minimum Gasteiger partial charge on any atom is -0.337 e. The molecule has 0 saturated carbocycles. The standard InChI is InChI=1S/C18H20N4O/c23-18(4-3-16-2-1-7-20-14-16)22-12-10-21(11-13-22)15-17-5-8-19-9-6-17/h1-9,14H,10-13,15H2/b4-3+. The van der Waals surface area contributed by atoms with E-state index in [2.05, 4.69) is 14.9 Å². The highest BCUT2D eigenvalue weighted by Gasteiger charge is 2.19. The molecule has 0 N–H and O–H groups in total. The van der Waals surface area contributed by atoms with Gasteiger partial charge in [0, 0.05) is 63.6 Å². The maximum Gasteiger partial charge on any atom is 0.246 e. The molecule has 0 unspecified atom stereocenters. The van der Waals surface area contributed by atoms with Crippen LogP contribution in [-0.2, 0) is 11.3 Å². The summed E-state index contributed by atoms with van der Waals surface area (Å²) < 4.78 is 0. The van der Waals surface area contributed by atoms with Crippen molar-refractivity contribution in [2.45, 2.75) is 6.54 Å². The Hall–Kier alpha value is -2.53. The maximum atomic E-state index is 12.2. The largest absolute Gasteiger partial charge is 0.337 e. The molecule has 5 nitrogen and oxygen atoms in total. The number of pyridine rings is 2. The first-order valence-electron chi connectivity index (χ1n) is 7.79. The first kappa shape index (κ1) is 15.4. The third kappa shape index (κ3) is 4.47. The molecule has 1 aliphatic rings. The van der Waals surface area contributed by atoms with Crippen molar-refractivity contribution >= 4 is 12.0 Å². The van der Waals surface area contributed by atoms with Gasteiger partial charge in [-0.05, 0) is 35.4 Å². The first-order valence-corrected chi connectivity index (χ1v) is 7.79. The van der Waals surface area contributed by atoms with Crippen LogP contribution in [0.25, 0.3) is 6.08 Å². The zero-order valence-corrected chi connectivity index (χ0v) is 13.0. The van der Waals surface area contributed by atoms with Crippen LogP contribution in [0.5, 0.6) is 0 Å². The molecule has 1 amide bonds. The molecule has 0 bridgehead atoms. The van der Waals surface area contributed by atoms with E-state index in [0.29, 0.717) is 0 Å². The summed E-state index contributed by atoms with van der Waals surface area (Å²) in [4.78, 5) is 24.6. The number of hydrogen-bond donors (Lipinski definition) is 0. The Balaban J connectivity index is 1.48. The van der Waals surface area contributed by atoms with Crippen LogP contribution < -0.4 is 0 Å². The van der Waals surface area contributed by atoms with Gasteiger partial charge >= 0.3 is 0 Å². The van der Waals surface area contributed by atoms with E-state index in [1.165, 1.54) is 5.56 Å². The molecule has 118 valence electrons. The van der Waals surface area contributed by atoms with Crippen LogP contribution in [-0.4, -0.2) is 51.9 Å². The summed E-state index contributed by atoms with van der Waals surface area (Å²) in [5.41, 5.74) is 2.20. The Morgan fingerprint density at radius 1 is 1.04 bits per heavy atom. The topological polar surface area (TPSA) is 49.3 Å². The van der Waals surface area contributed by atoms with Crippen LogP contribution in [0, 0.1) is 0 Å². The fourth-order valence-corrected chi connectivity index (χ4v) is 2.62. The molecule has 0 radical (unpaired) electrons. The quantitative estimate of drug-likeness (QED) is 0.809. The molecule has 0 aliphatic carbocycles. The molecule has 2 aromatic rings. The Morgan fingerprint density at radius 3 is 2.52 bits per heavy atom. The van der Waals surface area contributed by atoms with Gasteiger partial charge in [0.05, 0.1) is 0 Å². The van der Waals surface area contributed by atoms with Gasteiger partial charge in [0.2, 0.25) is 5.91 Å². The van der Waals surface area contributed by atoms with E-state index < -0.39 is 0 Å². The molecule has 3 heterocycles. The van der Waals surface area contributed by atoms with E-state index in [4.69, 9.17) is 0 Å². The molecule has 1 fully saturated rings. The second-order valence-corrected chi connectivity index (χ2v) is 5.58. The number of hydrogen-bond acceptors (Lipinski definition) is 4. The van der Waals surface area contributed by atoms with Crippen molar-refractivity contribution in [1.82, 2.24) is 19.8 Å². The van der Waals surface area contributed by atoms with Gasteiger partial charge in [-0.25, -0.2) is 0 Å². The van der Waals surface area contributed by atoms with Gasteiger partial charge in [-0.15, -0.1) is 0 Å². The zero-order chi connectivity index (χ0) is 15.9. The van der Waals surface area contributed by atoms with Crippen molar-refractivity contribution in [1.29, 1.82) is 0 Å². The molecule has 1 aliphatic heterocycles. The fourth-order valence-electron chi connectivity index (χ4n) is 2.62. The molecular formula is C18H20N4O. The second kappa shape index (κ2) is 7.65. The maximum absolute atomic E-state index is 12.2. The van der Waals surface area contributed by atoms with Gasteiger partial charge in [0.25, 0.3) is 0 Å². The average Bonchev–Trinajstić information content (AvgIpc) is 2.62. The molecule has 0 spiro atoms. The molecule has 5 heteroatoms. The average molecular weight is 308 g/mol. The lowest BCUT2D eigenvalue weighted by atomic mass is 10.2. The van der Waals surface area contributed by atoms with E-state index in [0.717, 1.165) is 38.3 Å². The predicted octanol–water partition coefficient (Wildman–Crippen LogP) is 1.83. The Kier molecular flexibility index (Phi) is 5.11. The lowest BCUT2D eigenvalue weighted by Crippen LogP contribution is -2.47. The van der Waals surface area contributed by atoms with Gasteiger partial charge in [0.1, 0.15) is 0 Å². The SMILES string of the molecule is O=C(/C=C/c1cccnc1)N1CCN(Cc2ccncc2)CC1. The van der Waals surface area contributed by atoms with Gasteiger partial charge in [-0.2, -0.15) is 0 Å². The third-order valence-corrected chi connectivity index (χ3v) is 3.94. The number of rotatable bonds is 4. The van der Waals surface area contributed by atoms with E-state index in [1.54, 1.807) is 18.5 Å². The van der Waals surface area contributed by atoms with Gasteiger partial charge in [-0.1, -0.05) is 6.07 Å². The van der Waals surface area contributed by atoms with E-state index in [-0.39, 0.29) is 5.91 Å². The normalized spacial score (nSPS) is 15.9. The number of carbonyl (C=O) groups is 1. The van der Waals surface area contributed by atoms with Crippen molar-refractivity contribution in [3.63, 3.8) is 0 Å². The van der Waals surface area contributed by atoms with Gasteiger partial charge in [-0.3, -0.25) is 19.7 Å². The number of aromatic nitrogens is 2. The van der Waals surface area contributed by atoms with Crippen LogP contribution in [0.3, 0.4) is 0 Å². The molecule has 2 aromatic heterocycles. The summed E-state index contributed by atoms with van der Waals surface area (Å²) in [6.45, 7) is 4.24. The highest BCUT2D eigenvalue weighted by Crippen LogP contribution is 2.09. The first-order chi connectivity index (χ1) is 11.3. The zero-order valence-electron chi connectivity index (χ0n) is 13.0. The lowest BCUT2D eigenvalue weighted by molar-refractivity contribution is -0.127. The van der Waals surface area contributed by atoms with E-state index in [1.807, 2.05) is 47.6 Å². The fraction of sp³-hybridized carbons (Fsp3) is 0.278. The second-order valence-electron chi connectivity index (χ2n) is 5.58. The lowest BCUT2D eigenvalue weighted by Gasteiger charge is -2.34. The van der Waals surface area contributed by atoms with Crippen LogP contribution in [0.1, 0.15) is 11.1 Å². The van der Waals surface area contributed by atoms with Crippen molar-refractivity contribution in [3.8, 4) is 0 Å². The number of piperazine rings is 1. The molecule has 0 atom stereocenters. The molecule has 1 saturated heterocycles. The Labute approximate surface area is 136 Å². The van der Waals surface area contributed by atoms with Crippen LogP contribution in [0.15, 0.2) is 55.1 Å². The van der Waals surface area contributed by atoms with Crippen LogP contribution in [0.2, 0.25) is 0 Å². The molecule has 23 heavy (non-hydrogen) atoms. The Morgan fingerprint density at radius 2 is 1.83 bits per heavy atom. The smallest absolute Gasteiger partial charge is 0.246 e. The summed E-state index contributed by atoms with van der Waals surface area (Å²) in [7, 11) is 0. The third-order valence-electron chi connectivity index (χ3n) is 3.94. The van der Waals surface area contributed by atoms with E-state index in [9.17, 15) is 4.79 Å². The summed E-state index contributed by atoms with van der Waals surface area (Å²) >= 11 is 0. The summed E-state index contributed by atoms with van der Waals surface area (Å²) in [5.74, 6) is 0.0671. The van der Waals surface area contributed by atoms with E-state index >= 15 is 0 Å². The Bertz CT molecular complexity index is 649. The summed E-state index contributed by atoms with van der Waals surface area (Å²) in [5, 5.41) is 0. The number of amides is 1. The summed E-state index contributed by atoms with van der Waals surface area (Å²) in [6.07, 6.45) is 10.6. The van der Waals surface area contributed by atoms with Gasteiger partial charge in [0.15, 0.2) is 0 Å². The van der Waals surface area contributed by atoms with Crippen molar-refractivity contribution in [2.75, 3.05) is 26.2 Å². The highest BCUT2D eigenvalue weighted by molar-refractivity contribution is 5.91. The molecule has 0 aromatic carbocycles. The monoisotopic (exact) mass is 308 g/mol. The van der Waals surface area contributed by atoms with Crippen molar-refractivity contribution in [2.24, 2.45) is 0 Å². The van der Waals surface area contributed by atoms with Gasteiger partial charge < -0.3 is 4.90 Å². The summed E-state index contributed by atoms with van der Waals surface area (Å²) in [6, 6.07) is 7.87. The highest BCUT2D eigenvalue weighted by atomic mass is 16.2. The van der Waals surface area contributed by atoms with Crippen LogP contribution in [0.4, 0.5) is 0 Å². The van der Waals surface area contributed by atoms with Crippen molar-refractivity contribution < 1.29 is 4.79 Å². The van der Waals surface area contributed by atoms with Crippen LogP contribution >= 0.6 is 0 Å². The predicted molar refractivity (Wildman–Crippen MR) is 89.4 cm³/mol. The molecule has 3 rings (SSSR count). The minimum atomic E-state index is 0.0671.